The molecule has 0 unspecified atom stereocenters. The van der Waals surface area contributed by atoms with E-state index in [1.54, 1.807) is 0 Å². The van der Waals surface area contributed by atoms with Crippen molar-refractivity contribution in [1.82, 2.24) is 20.0 Å². The molecule has 1 saturated carbocycles. The van der Waals surface area contributed by atoms with Crippen LogP contribution in [0.15, 0.2) is 4.99 Å². The Kier molecular flexibility index (Phi) is 7.17. The van der Waals surface area contributed by atoms with Gasteiger partial charge in [-0.1, -0.05) is 12.8 Å². The van der Waals surface area contributed by atoms with Gasteiger partial charge in [-0.25, -0.2) is 0 Å². The molecular formula is C19H34IN5. The van der Waals surface area contributed by atoms with E-state index in [2.05, 4.69) is 36.1 Å². The maximum absolute atomic E-state index is 4.93. The Morgan fingerprint density at radius 1 is 1.24 bits per heavy atom. The van der Waals surface area contributed by atoms with Crippen LogP contribution in [0.2, 0.25) is 0 Å². The molecule has 5 nitrogen and oxygen atoms in total. The summed E-state index contributed by atoms with van der Waals surface area (Å²) in [6.07, 6.45) is 7.98. The van der Waals surface area contributed by atoms with Gasteiger partial charge in [0.1, 0.15) is 0 Å². The van der Waals surface area contributed by atoms with Gasteiger partial charge in [-0.3, -0.25) is 9.67 Å². The zero-order valence-electron chi connectivity index (χ0n) is 16.3. The predicted octanol–water partition coefficient (Wildman–Crippen LogP) is 3.43. The van der Waals surface area contributed by atoms with Crippen LogP contribution in [0.25, 0.3) is 0 Å². The van der Waals surface area contributed by atoms with Crippen LogP contribution in [0.1, 0.15) is 56.0 Å². The third-order valence-corrected chi connectivity index (χ3v) is 6.02. The number of rotatable bonds is 4. The van der Waals surface area contributed by atoms with Crippen molar-refractivity contribution in [2.75, 3.05) is 26.2 Å². The lowest BCUT2D eigenvalue weighted by Gasteiger charge is -2.26. The van der Waals surface area contributed by atoms with Crippen LogP contribution in [-0.4, -0.2) is 46.8 Å². The molecule has 0 bridgehead atoms. The first-order valence-corrected chi connectivity index (χ1v) is 9.57. The molecular weight excluding hydrogens is 425 g/mol. The zero-order chi connectivity index (χ0) is 17.2. The summed E-state index contributed by atoms with van der Waals surface area (Å²) in [7, 11) is 2.02. The molecule has 1 aliphatic carbocycles. The third-order valence-electron chi connectivity index (χ3n) is 6.02. The topological polar surface area (TPSA) is 45.5 Å². The molecule has 1 aliphatic heterocycles. The van der Waals surface area contributed by atoms with E-state index in [9.17, 15) is 0 Å². The Morgan fingerprint density at radius 3 is 2.56 bits per heavy atom. The zero-order valence-corrected chi connectivity index (χ0v) is 18.6. The molecule has 2 aliphatic rings. The lowest BCUT2D eigenvalue weighted by Crippen LogP contribution is -2.41. The van der Waals surface area contributed by atoms with Gasteiger partial charge >= 0.3 is 0 Å². The van der Waals surface area contributed by atoms with Gasteiger partial charge in [0.2, 0.25) is 0 Å². The minimum atomic E-state index is 0. The SMILES string of the molecule is CCNC(=NCCc1c(C)nn(C)c1C)N1CCC2(CCCC2)C1.I. The smallest absolute Gasteiger partial charge is 0.193 e. The number of hydrogen-bond acceptors (Lipinski definition) is 2. The minimum absolute atomic E-state index is 0. The highest BCUT2D eigenvalue weighted by atomic mass is 127. The monoisotopic (exact) mass is 459 g/mol. The summed E-state index contributed by atoms with van der Waals surface area (Å²) >= 11 is 0. The third kappa shape index (κ3) is 4.49. The first-order chi connectivity index (χ1) is 11.5. The molecule has 1 aromatic heterocycles. The molecule has 0 amide bonds. The maximum Gasteiger partial charge on any atom is 0.193 e. The van der Waals surface area contributed by atoms with Crippen molar-refractivity contribution in [2.45, 2.75) is 59.3 Å². The Morgan fingerprint density at radius 2 is 1.96 bits per heavy atom. The quantitative estimate of drug-likeness (QED) is 0.427. The molecule has 1 spiro atoms. The summed E-state index contributed by atoms with van der Waals surface area (Å²) in [5, 5.41) is 8.02. The summed E-state index contributed by atoms with van der Waals surface area (Å²) < 4.78 is 1.98. The number of hydrogen-bond donors (Lipinski definition) is 1. The van der Waals surface area contributed by atoms with Crippen LogP contribution in [0, 0.1) is 19.3 Å². The number of guanidine groups is 1. The molecule has 142 valence electrons. The second kappa shape index (κ2) is 8.73. The number of likely N-dealkylation sites (tertiary alicyclic amines) is 1. The van der Waals surface area contributed by atoms with Gasteiger partial charge in [-0.05, 0) is 57.4 Å². The van der Waals surface area contributed by atoms with Gasteiger partial charge in [0.25, 0.3) is 0 Å². The standard InChI is InChI=1S/C19H33N5.HI/c1-5-20-18(24-13-11-19(14-24)9-6-7-10-19)21-12-8-17-15(2)22-23(4)16(17)3;/h5-14H2,1-4H3,(H,20,21);1H. The summed E-state index contributed by atoms with van der Waals surface area (Å²) in [6, 6.07) is 0. The normalized spacial score (nSPS) is 19.5. The van der Waals surface area contributed by atoms with Crippen LogP contribution in [0.3, 0.4) is 0 Å². The fourth-order valence-electron chi connectivity index (χ4n) is 4.53. The minimum Gasteiger partial charge on any atom is -0.357 e. The Bertz CT molecular complexity index is 601. The highest BCUT2D eigenvalue weighted by Crippen LogP contribution is 2.45. The van der Waals surface area contributed by atoms with Gasteiger partial charge in [0.05, 0.1) is 5.69 Å². The first kappa shape index (κ1) is 20.5. The molecule has 1 saturated heterocycles. The van der Waals surface area contributed by atoms with E-state index in [0.29, 0.717) is 5.41 Å². The van der Waals surface area contributed by atoms with Gasteiger partial charge in [-0.2, -0.15) is 5.10 Å². The van der Waals surface area contributed by atoms with Crippen molar-refractivity contribution in [3.63, 3.8) is 0 Å². The van der Waals surface area contributed by atoms with Gasteiger partial charge in [0, 0.05) is 38.9 Å². The van der Waals surface area contributed by atoms with E-state index in [-0.39, 0.29) is 24.0 Å². The van der Waals surface area contributed by atoms with Crippen molar-refractivity contribution in [3.8, 4) is 0 Å². The van der Waals surface area contributed by atoms with E-state index >= 15 is 0 Å². The van der Waals surface area contributed by atoms with Crippen molar-refractivity contribution in [2.24, 2.45) is 17.5 Å². The van der Waals surface area contributed by atoms with E-state index < -0.39 is 0 Å². The molecule has 2 heterocycles. The van der Waals surface area contributed by atoms with E-state index in [4.69, 9.17) is 4.99 Å². The molecule has 0 atom stereocenters. The molecule has 0 radical (unpaired) electrons. The van der Waals surface area contributed by atoms with Crippen LogP contribution < -0.4 is 5.32 Å². The number of aromatic nitrogens is 2. The second-order valence-corrected chi connectivity index (χ2v) is 7.64. The van der Waals surface area contributed by atoms with Crippen molar-refractivity contribution in [1.29, 1.82) is 0 Å². The number of halogens is 1. The van der Waals surface area contributed by atoms with E-state index in [0.717, 1.165) is 37.7 Å². The second-order valence-electron chi connectivity index (χ2n) is 7.64. The number of aliphatic imine (C=N–C) groups is 1. The highest BCUT2D eigenvalue weighted by Gasteiger charge is 2.41. The molecule has 0 aromatic carbocycles. The molecule has 1 aromatic rings. The van der Waals surface area contributed by atoms with Gasteiger partial charge in [-0.15, -0.1) is 24.0 Å². The Labute approximate surface area is 169 Å². The lowest BCUT2D eigenvalue weighted by molar-refractivity contribution is 0.309. The summed E-state index contributed by atoms with van der Waals surface area (Å²) in [5.41, 5.74) is 4.35. The summed E-state index contributed by atoms with van der Waals surface area (Å²) in [5.74, 6) is 1.11. The maximum atomic E-state index is 4.93. The number of aryl methyl sites for hydroxylation is 2. The molecule has 2 fully saturated rings. The highest BCUT2D eigenvalue weighted by molar-refractivity contribution is 14.0. The molecule has 6 heteroatoms. The van der Waals surface area contributed by atoms with E-state index in [1.165, 1.54) is 49.9 Å². The largest absolute Gasteiger partial charge is 0.357 e. The number of nitrogens with one attached hydrogen (secondary N) is 1. The van der Waals surface area contributed by atoms with Gasteiger partial charge in [0.15, 0.2) is 5.96 Å². The first-order valence-electron chi connectivity index (χ1n) is 9.57. The predicted molar refractivity (Wildman–Crippen MR) is 115 cm³/mol. The lowest BCUT2D eigenvalue weighted by atomic mass is 9.86. The van der Waals surface area contributed by atoms with Crippen LogP contribution in [0.5, 0.6) is 0 Å². The molecule has 25 heavy (non-hydrogen) atoms. The van der Waals surface area contributed by atoms with Crippen LogP contribution in [0.4, 0.5) is 0 Å². The average molecular weight is 459 g/mol. The van der Waals surface area contributed by atoms with Crippen molar-refractivity contribution < 1.29 is 0 Å². The molecule has 3 rings (SSSR count). The van der Waals surface area contributed by atoms with Crippen LogP contribution in [-0.2, 0) is 13.5 Å². The van der Waals surface area contributed by atoms with Crippen molar-refractivity contribution >= 4 is 29.9 Å². The number of nitrogens with zero attached hydrogens (tertiary/aromatic N) is 4. The summed E-state index contributed by atoms with van der Waals surface area (Å²) in [4.78, 5) is 7.43. The fourth-order valence-corrected chi connectivity index (χ4v) is 4.53. The van der Waals surface area contributed by atoms with Gasteiger partial charge < -0.3 is 10.2 Å². The van der Waals surface area contributed by atoms with Crippen molar-refractivity contribution in [3.05, 3.63) is 17.0 Å². The van der Waals surface area contributed by atoms with E-state index in [1.807, 2.05) is 11.7 Å². The van der Waals surface area contributed by atoms with Crippen LogP contribution >= 0.6 is 24.0 Å². The Balaban J connectivity index is 0.00000225. The Hall–Kier alpha value is -0.790. The molecule has 1 N–H and O–H groups in total. The fraction of sp³-hybridized carbons (Fsp3) is 0.789. The summed E-state index contributed by atoms with van der Waals surface area (Å²) in [6.45, 7) is 10.5. The average Bonchev–Trinajstić information content (AvgIpc) is 3.25.